The van der Waals surface area contributed by atoms with Gasteiger partial charge in [-0.1, -0.05) is 50.2 Å². The van der Waals surface area contributed by atoms with Crippen LogP contribution in [0.4, 0.5) is 0 Å². The van der Waals surface area contributed by atoms with Crippen molar-refractivity contribution in [1.29, 1.82) is 0 Å². The third kappa shape index (κ3) is 4.02. The Kier molecular flexibility index (Phi) is 5.39. The van der Waals surface area contributed by atoms with Gasteiger partial charge < -0.3 is 10.4 Å². The maximum Gasteiger partial charge on any atom is 0.255 e. The Morgan fingerprint density at radius 2 is 1.80 bits per heavy atom. The number of hydrogen-bond donors (Lipinski definition) is 2. The van der Waals surface area contributed by atoms with Gasteiger partial charge in [0, 0.05) is 25.7 Å². The maximum atomic E-state index is 12.4. The predicted octanol–water partition coefficient (Wildman–Crippen LogP) is 3.20. The summed E-state index contributed by atoms with van der Waals surface area (Å²) in [5.41, 5.74) is 3.14. The molecule has 4 nitrogen and oxygen atoms in total. The van der Waals surface area contributed by atoms with Gasteiger partial charge in [-0.2, -0.15) is 0 Å². The van der Waals surface area contributed by atoms with E-state index in [0.29, 0.717) is 18.0 Å². The van der Waals surface area contributed by atoms with Crippen LogP contribution in [0.5, 0.6) is 5.75 Å². The molecule has 3 rings (SSSR count). The minimum atomic E-state index is -0.221. The fourth-order valence-corrected chi connectivity index (χ4v) is 3.55. The van der Waals surface area contributed by atoms with Crippen molar-refractivity contribution in [2.24, 2.45) is 5.92 Å². The molecule has 1 amide bonds. The first-order chi connectivity index (χ1) is 12.1. The number of aromatic hydroxyl groups is 1. The van der Waals surface area contributed by atoms with Crippen LogP contribution < -0.4 is 5.32 Å². The molecule has 0 saturated carbocycles. The minimum Gasteiger partial charge on any atom is -0.507 e. The second-order valence-corrected chi connectivity index (χ2v) is 7.03. The molecule has 0 aliphatic carbocycles. The van der Waals surface area contributed by atoms with Gasteiger partial charge in [0.15, 0.2) is 0 Å². The summed E-state index contributed by atoms with van der Waals surface area (Å²) >= 11 is 0. The molecule has 0 bridgehead atoms. The van der Waals surface area contributed by atoms with E-state index in [0.717, 1.165) is 19.5 Å². The number of fused-ring (bicyclic) bond motifs is 1. The van der Waals surface area contributed by atoms with Crippen LogP contribution >= 0.6 is 0 Å². The van der Waals surface area contributed by atoms with Crippen LogP contribution in [0, 0.1) is 5.92 Å². The Morgan fingerprint density at radius 3 is 2.52 bits per heavy atom. The molecule has 0 fully saturated rings. The fraction of sp³-hybridized carbons (Fsp3) is 0.381. The van der Waals surface area contributed by atoms with E-state index in [9.17, 15) is 9.90 Å². The third-order valence-corrected chi connectivity index (χ3v) is 5.02. The molecular formula is C21H26N2O2. The Bertz CT molecular complexity index is 742. The predicted molar refractivity (Wildman–Crippen MR) is 99.6 cm³/mol. The topological polar surface area (TPSA) is 52.6 Å². The van der Waals surface area contributed by atoms with Gasteiger partial charge >= 0.3 is 0 Å². The molecule has 4 heteroatoms. The summed E-state index contributed by atoms with van der Waals surface area (Å²) in [6, 6.07) is 15.5. The second kappa shape index (κ2) is 7.70. The summed E-state index contributed by atoms with van der Waals surface area (Å²) < 4.78 is 0. The molecule has 1 atom stereocenters. The zero-order valence-corrected chi connectivity index (χ0v) is 14.9. The monoisotopic (exact) mass is 338 g/mol. The van der Waals surface area contributed by atoms with E-state index in [1.54, 1.807) is 18.2 Å². The highest BCUT2D eigenvalue weighted by atomic mass is 16.3. The number of benzene rings is 2. The van der Waals surface area contributed by atoms with Crippen LogP contribution in [0.25, 0.3) is 0 Å². The minimum absolute atomic E-state index is 0.0213. The Balaban J connectivity index is 1.66. The van der Waals surface area contributed by atoms with Crippen molar-refractivity contribution < 1.29 is 9.90 Å². The molecule has 0 saturated heterocycles. The summed E-state index contributed by atoms with van der Waals surface area (Å²) in [7, 11) is 0. The quantitative estimate of drug-likeness (QED) is 0.880. The Labute approximate surface area is 149 Å². The lowest BCUT2D eigenvalue weighted by molar-refractivity contribution is 0.0901. The first-order valence-corrected chi connectivity index (χ1v) is 8.93. The maximum absolute atomic E-state index is 12.4. The van der Waals surface area contributed by atoms with Gasteiger partial charge in [0.25, 0.3) is 5.91 Å². The molecule has 0 unspecified atom stereocenters. The zero-order valence-electron chi connectivity index (χ0n) is 14.9. The largest absolute Gasteiger partial charge is 0.507 e. The van der Waals surface area contributed by atoms with E-state index >= 15 is 0 Å². The smallest absolute Gasteiger partial charge is 0.255 e. The molecule has 1 aliphatic rings. The van der Waals surface area contributed by atoms with Crippen LogP contribution in [-0.2, 0) is 13.0 Å². The van der Waals surface area contributed by atoms with Gasteiger partial charge in [-0.15, -0.1) is 0 Å². The van der Waals surface area contributed by atoms with Crippen LogP contribution in [0.2, 0.25) is 0 Å². The Morgan fingerprint density at radius 1 is 1.12 bits per heavy atom. The molecule has 2 aromatic rings. The lowest BCUT2D eigenvalue weighted by Crippen LogP contribution is -2.48. The number of para-hydroxylation sites is 1. The third-order valence-electron chi connectivity index (χ3n) is 5.02. The first kappa shape index (κ1) is 17.5. The highest BCUT2D eigenvalue weighted by molar-refractivity contribution is 5.96. The van der Waals surface area contributed by atoms with Crippen LogP contribution in [0.3, 0.4) is 0 Å². The number of carbonyl (C=O) groups is 1. The van der Waals surface area contributed by atoms with E-state index in [2.05, 4.69) is 48.3 Å². The summed E-state index contributed by atoms with van der Waals surface area (Å²) in [4.78, 5) is 14.8. The van der Waals surface area contributed by atoms with Gasteiger partial charge in [0.05, 0.1) is 5.56 Å². The standard InChI is InChI=1S/C21H26N2O2/c1-15(2)19(13-22-21(25)18-9-5-6-10-20(18)24)23-12-11-16-7-3-4-8-17(16)14-23/h3-10,15,19,24H,11-14H2,1-2H3,(H,22,25)/t19-/m1/s1. The number of amides is 1. The molecule has 25 heavy (non-hydrogen) atoms. The molecule has 132 valence electrons. The summed E-state index contributed by atoms with van der Waals surface area (Å²) in [6.45, 7) is 6.89. The number of carbonyl (C=O) groups excluding carboxylic acids is 1. The van der Waals surface area contributed by atoms with Gasteiger partial charge in [-0.05, 0) is 35.6 Å². The van der Waals surface area contributed by atoms with Crippen LogP contribution in [-0.4, -0.2) is 35.0 Å². The van der Waals surface area contributed by atoms with Crippen molar-refractivity contribution >= 4 is 5.91 Å². The number of rotatable bonds is 5. The lowest BCUT2D eigenvalue weighted by atomic mass is 9.95. The molecule has 1 heterocycles. The molecule has 0 spiro atoms. The lowest BCUT2D eigenvalue weighted by Gasteiger charge is -2.38. The van der Waals surface area contributed by atoms with E-state index in [4.69, 9.17) is 0 Å². The van der Waals surface area contributed by atoms with Gasteiger partial charge in [-0.3, -0.25) is 9.69 Å². The molecule has 2 aromatic carbocycles. The number of nitrogens with one attached hydrogen (secondary N) is 1. The van der Waals surface area contributed by atoms with Crippen molar-refractivity contribution in [3.05, 3.63) is 65.2 Å². The first-order valence-electron chi connectivity index (χ1n) is 8.93. The van der Waals surface area contributed by atoms with Crippen molar-refractivity contribution in [2.45, 2.75) is 32.9 Å². The molecule has 2 N–H and O–H groups in total. The molecule has 0 aromatic heterocycles. The van der Waals surface area contributed by atoms with Crippen LogP contribution in [0.1, 0.15) is 35.3 Å². The number of nitrogens with zero attached hydrogens (tertiary/aromatic N) is 1. The van der Waals surface area contributed by atoms with Crippen molar-refractivity contribution in [3.8, 4) is 5.75 Å². The molecular weight excluding hydrogens is 312 g/mol. The van der Waals surface area contributed by atoms with E-state index in [1.807, 2.05) is 0 Å². The van der Waals surface area contributed by atoms with Crippen molar-refractivity contribution in [1.82, 2.24) is 10.2 Å². The molecule has 1 aliphatic heterocycles. The number of hydrogen-bond acceptors (Lipinski definition) is 3. The van der Waals surface area contributed by atoms with Crippen molar-refractivity contribution in [2.75, 3.05) is 13.1 Å². The number of phenolic OH excluding ortho intramolecular Hbond substituents is 1. The second-order valence-electron chi connectivity index (χ2n) is 7.03. The van der Waals surface area contributed by atoms with Crippen LogP contribution in [0.15, 0.2) is 48.5 Å². The van der Waals surface area contributed by atoms with E-state index < -0.39 is 0 Å². The number of phenols is 1. The summed E-state index contributed by atoms with van der Waals surface area (Å²) in [5, 5.41) is 12.8. The zero-order chi connectivity index (χ0) is 17.8. The van der Waals surface area contributed by atoms with E-state index in [-0.39, 0.29) is 17.7 Å². The van der Waals surface area contributed by atoms with Gasteiger partial charge in [0.2, 0.25) is 0 Å². The fourth-order valence-electron chi connectivity index (χ4n) is 3.55. The average molecular weight is 338 g/mol. The SMILES string of the molecule is CC(C)[C@@H](CNC(=O)c1ccccc1O)N1CCc2ccccc2C1. The highest BCUT2D eigenvalue weighted by Crippen LogP contribution is 2.23. The average Bonchev–Trinajstić information content (AvgIpc) is 2.61. The summed E-state index contributed by atoms with van der Waals surface area (Å²) in [6.07, 6.45) is 1.05. The van der Waals surface area contributed by atoms with Gasteiger partial charge in [0.1, 0.15) is 5.75 Å². The van der Waals surface area contributed by atoms with Crippen molar-refractivity contribution in [3.63, 3.8) is 0 Å². The normalized spacial score (nSPS) is 15.6. The Hall–Kier alpha value is -2.33. The molecule has 0 radical (unpaired) electrons. The van der Waals surface area contributed by atoms with Gasteiger partial charge in [-0.25, -0.2) is 0 Å². The highest BCUT2D eigenvalue weighted by Gasteiger charge is 2.26. The van der Waals surface area contributed by atoms with E-state index in [1.165, 1.54) is 17.2 Å². The summed E-state index contributed by atoms with van der Waals surface area (Å²) in [5.74, 6) is 0.226.